The van der Waals surface area contributed by atoms with Crippen molar-refractivity contribution in [3.05, 3.63) is 24.3 Å². The van der Waals surface area contributed by atoms with Gasteiger partial charge in [0, 0.05) is 18.9 Å². The van der Waals surface area contributed by atoms with Crippen LogP contribution >= 0.6 is 0 Å². The molecule has 0 bridgehead atoms. The molecule has 1 aromatic heterocycles. The average Bonchev–Trinajstić information content (AvgIpc) is 2.46. The molecule has 18 heavy (non-hydrogen) atoms. The largest absolute Gasteiger partial charge is 0.467 e. The third-order valence-electron chi connectivity index (χ3n) is 2.60. The Morgan fingerprint density at radius 1 is 1.50 bits per heavy atom. The van der Waals surface area contributed by atoms with Crippen LogP contribution in [0.4, 0.5) is 0 Å². The first-order valence-electron chi connectivity index (χ1n) is 5.47. The van der Waals surface area contributed by atoms with Crippen LogP contribution in [-0.4, -0.2) is 59.7 Å². The van der Waals surface area contributed by atoms with Crippen molar-refractivity contribution < 1.29 is 19.1 Å². The number of morpholine rings is 1. The first kappa shape index (κ1) is 12.4. The van der Waals surface area contributed by atoms with E-state index in [-0.39, 0.29) is 18.1 Å². The van der Waals surface area contributed by atoms with Gasteiger partial charge in [0.2, 0.25) is 0 Å². The number of carbonyl (C=O) groups is 2. The summed E-state index contributed by atoms with van der Waals surface area (Å²) in [5, 5.41) is 0. The molecule has 1 unspecified atom stereocenters. The van der Waals surface area contributed by atoms with Crippen molar-refractivity contribution in [3.8, 4) is 0 Å². The summed E-state index contributed by atoms with van der Waals surface area (Å²) in [5.74, 6) is -0.744. The molecule has 1 aliphatic rings. The number of methoxy groups -OCH3 is 1. The summed E-state index contributed by atoms with van der Waals surface area (Å²) < 4.78 is 9.84. The minimum Gasteiger partial charge on any atom is -0.467 e. The van der Waals surface area contributed by atoms with Crippen LogP contribution in [0.3, 0.4) is 0 Å². The maximum absolute atomic E-state index is 12.1. The van der Waals surface area contributed by atoms with E-state index in [0.29, 0.717) is 13.2 Å². The summed E-state index contributed by atoms with van der Waals surface area (Å²) in [6.07, 6.45) is 3.61. The second-order valence-electron chi connectivity index (χ2n) is 3.72. The number of hydrogen-bond donors (Lipinski definition) is 0. The van der Waals surface area contributed by atoms with Gasteiger partial charge in [0.05, 0.1) is 26.5 Å². The molecule has 7 heteroatoms. The van der Waals surface area contributed by atoms with Gasteiger partial charge in [0.15, 0.2) is 6.10 Å². The fraction of sp³-hybridized carbons (Fsp3) is 0.455. The molecular weight excluding hydrogens is 238 g/mol. The van der Waals surface area contributed by atoms with Crippen molar-refractivity contribution >= 4 is 11.9 Å². The number of ether oxygens (including phenoxy) is 2. The quantitative estimate of drug-likeness (QED) is 0.658. The van der Waals surface area contributed by atoms with Crippen LogP contribution in [0.1, 0.15) is 10.5 Å². The van der Waals surface area contributed by atoms with E-state index in [2.05, 4.69) is 14.7 Å². The Kier molecular flexibility index (Phi) is 3.83. The third-order valence-corrected chi connectivity index (χ3v) is 2.60. The van der Waals surface area contributed by atoms with Crippen molar-refractivity contribution in [1.82, 2.24) is 14.9 Å². The van der Waals surface area contributed by atoms with Crippen LogP contribution < -0.4 is 0 Å². The smallest absolute Gasteiger partial charge is 0.336 e. The van der Waals surface area contributed by atoms with E-state index in [1.807, 2.05) is 0 Å². The molecule has 1 aliphatic heterocycles. The first-order chi connectivity index (χ1) is 8.72. The lowest BCUT2D eigenvalue weighted by atomic mass is 10.2. The lowest BCUT2D eigenvalue weighted by Gasteiger charge is -2.31. The molecular formula is C11H13N3O4. The SMILES string of the molecule is COC(=O)C1CN(C(=O)c2cnccn2)CCO1. The number of carbonyl (C=O) groups excluding carboxylic acids is 2. The second-order valence-corrected chi connectivity index (χ2v) is 3.72. The van der Waals surface area contributed by atoms with Crippen LogP contribution in [0.15, 0.2) is 18.6 Å². The topological polar surface area (TPSA) is 81.6 Å². The van der Waals surface area contributed by atoms with Gasteiger partial charge < -0.3 is 14.4 Å². The highest BCUT2D eigenvalue weighted by Crippen LogP contribution is 2.09. The molecule has 0 radical (unpaired) electrons. The van der Waals surface area contributed by atoms with E-state index >= 15 is 0 Å². The molecule has 96 valence electrons. The van der Waals surface area contributed by atoms with Crippen LogP contribution in [0.5, 0.6) is 0 Å². The molecule has 2 heterocycles. The van der Waals surface area contributed by atoms with Gasteiger partial charge in [0.1, 0.15) is 5.69 Å². The van der Waals surface area contributed by atoms with Gasteiger partial charge in [-0.1, -0.05) is 0 Å². The molecule has 2 rings (SSSR count). The zero-order chi connectivity index (χ0) is 13.0. The van der Waals surface area contributed by atoms with E-state index in [0.717, 1.165) is 0 Å². The predicted molar refractivity (Wildman–Crippen MR) is 59.7 cm³/mol. The highest BCUT2D eigenvalue weighted by atomic mass is 16.6. The van der Waals surface area contributed by atoms with Crippen LogP contribution in [0.2, 0.25) is 0 Å². The Labute approximate surface area is 104 Å². The zero-order valence-corrected chi connectivity index (χ0v) is 9.91. The minimum atomic E-state index is -0.732. The Hall–Kier alpha value is -2.02. The molecule has 1 atom stereocenters. The molecule has 0 aliphatic carbocycles. The lowest BCUT2D eigenvalue weighted by molar-refractivity contribution is -0.158. The van der Waals surface area contributed by atoms with E-state index < -0.39 is 12.1 Å². The molecule has 1 saturated heterocycles. The Morgan fingerprint density at radius 3 is 3.00 bits per heavy atom. The lowest BCUT2D eigenvalue weighted by Crippen LogP contribution is -2.49. The maximum Gasteiger partial charge on any atom is 0.336 e. The van der Waals surface area contributed by atoms with Crippen LogP contribution in [0, 0.1) is 0 Å². The summed E-state index contributed by atoms with van der Waals surface area (Å²) in [4.78, 5) is 32.7. The van der Waals surface area contributed by atoms with Gasteiger partial charge in [0.25, 0.3) is 5.91 Å². The van der Waals surface area contributed by atoms with Gasteiger partial charge in [-0.3, -0.25) is 9.78 Å². The van der Waals surface area contributed by atoms with E-state index in [9.17, 15) is 9.59 Å². The van der Waals surface area contributed by atoms with Crippen LogP contribution in [-0.2, 0) is 14.3 Å². The molecule has 1 aromatic rings. The summed E-state index contributed by atoms with van der Waals surface area (Å²) in [7, 11) is 1.29. The third kappa shape index (κ3) is 2.62. The predicted octanol–water partition coefficient (Wildman–Crippen LogP) is -0.509. The number of rotatable bonds is 2. The average molecular weight is 251 g/mol. The van der Waals surface area contributed by atoms with E-state index in [4.69, 9.17) is 4.74 Å². The van der Waals surface area contributed by atoms with Gasteiger partial charge in [-0.25, -0.2) is 9.78 Å². The zero-order valence-electron chi connectivity index (χ0n) is 9.91. The standard InChI is InChI=1S/C11H13N3O4/c1-17-11(16)9-7-14(4-5-18-9)10(15)8-6-12-2-3-13-8/h2-3,6,9H,4-5,7H2,1H3. The van der Waals surface area contributed by atoms with Crippen molar-refractivity contribution in [2.75, 3.05) is 26.8 Å². The summed E-state index contributed by atoms with van der Waals surface area (Å²) in [6, 6.07) is 0. The molecule has 1 amide bonds. The van der Waals surface area contributed by atoms with Crippen molar-refractivity contribution in [1.29, 1.82) is 0 Å². The number of aromatic nitrogens is 2. The second kappa shape index (κ2) is 5.54. The first-order valence-corrected chi connectivity index (χ1v) is 5.47. The summed E-state index contributed by atoms with van der Waals surface area (Å²) in [5.41, 5.74) is 0.253. The molecule has 0 N–H and O–H groups in total. The fourth-order valence-electron chi connectivity index (χ4n) is 1.68. The number of nitrogens with zero attached hydrogens (tertiary/aromatic N) is 3. The number of hydrogen-bond acceptors (Lipinski definition) is 6. The number of amides is 1. The fourth-order valence-corrected chi connectivity index (χ4v) is 1.68. The summed E-state index contributed by atoms with van der Waals surface area (Å²) >= 11 is 0. The molecule has 1 fully saturated rings. The van der Waals surface area contributed by atoms with Gasteiger partial charge >= 0.3 is 5.97 Å². The number of esters is 1. The Bertz CT molecular complexity index is 437. The van der Waals surface area contributed by atoms with Crippen LogP contribution in [0.25, 0.3) is 0 Å². The normalized spacial score (nSPS) is 19.4. The van der Waals surface area contributed by atoms with Gasteiger partial charge in [-0.05, 0) is 0 Å². The molecule has 0 spiro atoms. The summed E-state index contributed by atoms with van der Waals surface area (Å²) in [6.45, 7) is 0.886. The highest BCUT2D eigenvalue weighted by Gasteiger charge is 2.30. The maximum atomic E-state index is 12.1. The van der Waals surface area contributed by atoms with Crippen molar-refractivity contribution in [2.24, 2.45) is 0 Å². The van der Waals surface area contributed by atoms with Crippen molar-refractivity contribution in [3.63, 3.8) is 0 Å². The minimum absolute atomic E-state index is 0.169. The van der Waals surface area contributed by atoms with Gasteiger partial charge in [-0.2, -0.15) is 0 Å². The van der Waals surface area contributed by atoms with E-state index in [1.54, 1.807) is 0 Å². The molecule has 0 aromatic carbocycles. The van der Waals surface area contributed by atoms with Crippen molar-refractivity contribution in [2.45, 2.75) is 6.10 Å². The van der Waals surface area contributed by atoms with Gasteiger partial charge in [-0.15, -0.1) is 0 Å². The molecule has 7 nitrogen and oxygen atoms in total. The molecule has 0 saturated carbocycles. The monoisotopic (exact) mass is 251 g/mol. The van der Waals surface area contributed by atoms with E-state index in [1.165, 1.54) is 30.6 Å². The Morgan fingerprint density at radius 2 is 2.33 bits per heavy atom. The Balaban J connectivity index is 2.05. The highest BCUT2D eigenvalue weighted by molar-refractivity contribution is 5.92.